The number of rotatable bonds is 4. The number of aromatic nitrogens is 2. The molecule has 18 heavy (non-hydrogen) atoms. The summed E-state index contributed by atoms with van der Waals surface area (Å²) in [5.74, 6) is 1.75. The molecule has 0 aliphatic carbocycles. The summed E-state index contributed by atoms with van der Waals surface area (Å²) in [4.78, 5) is 11.7. The van der Waals surface area contributed by atoms with E-state index in [0.717, 1.165) is 35.9 Å². The monoisotopic (exact) mass is 261 g/mol. The molecule has 0 aliphatic rings. The van der Waals surface area contributed by atoms with Gasteiger partial charge in [0.1, 0.15) is 5.82 Å². The fraction of sp³-hybridized carbons (Fsp3) is 0.429. The summed E-state index contributed by atoms with van der Waals surface area (Å²) >= 11 is 1.79. The van der Waals surface area contributed by atoms with Gasteiger partial charge in [0.15, 0.2) is 5.82 Å². The van der Waals surface area contributed by atoms with Gasteiger partial charge in [-0.05, 0) is 33.3 Å². The molecule has 0 saturated heterocycles. The Kier molecular flexibility index (Phi) is 3.97. The summed E-state index contributed by atoms with van der Waals surface area (Å²) in [6.07, 6.45) is 1.09. The zero-order valence-electron chi connectivity index (χ0n) is 11.4. The van der Waals surface area contributed by atoms with Gasteiger partial charge in [0, 0.05) is 33.6 Å². The first-order valence-corrected chi connectivity index (χ1v) is 7.08. The number of hydrogen-bond acceptors (Lipinski definition) is 4. The second-order valence-corrected chi connectivity index (χ2v) is 5.93. The van der Waals surface area contributed by atoms with Gasteiger partial charge in [-0.25, -0.2) is 9.97 Å². The smallest absolute Gasteiger partial charge is 0.162 e. The van der Waals surface area contributed by atoms with E-state index >= 15 is 0 Å². The Bertz CT molecular complexity index is 546. The van der Waals surface area contributed by atoms with Crippen LogP contribution in [0.25, 0.3) is 11.4 Å². The lowest BCUT2D eigenvalue weighted by atomic mass is 10.2. The van der Waals surface area contributed by atoms with Crippen molar-refractivity contribution in [3.05, 3.63) is 27.6 Å². The van der Waals surface area contributed by atoms with Gasteiger partial charge in [0.05, 0.1) is 0 Å². The summed E-state index contributed by atoms with van der Waals surface area (Å²) < 4.78 is 0. The molecule has 2 aromatic heterocycles. The minimum Gasteiger partial charge on any atom is -0.370 e. The number of hydrogen-bond donors (Lipinski definition) is 1. The van der Waals surface area contributed by atoms with Crippen molar-refractivity contribution in [2.24, 2.45) is 0 Å². The van der Waals surface area contributed by atoms with E-state index in [1.54, 1.807) is 11.3 Å². The molecule has 0 atom stereocenters. The molecule has 0 aliphatic heterocycles. The lowest BCUT2D eigenvalue weighted by molar-refractivity contribution is 0.962. The molecule has 1 N–H and O–H groups in total. The Morgan fingerprint density at radius 2 is 1.94 bits per heavy atom. The van der Waals surface area contributed by atoms with Crippen LogP contribution in [0.4, 0.5) is 5.82 Å². The van der Waals surface area contributed by atoms with Gasteiger partial charge in [-0.2, -0.15) is 0 Å². The fourth-order valence-electron chi connectivity index (χ4n) is 1.89. The molecule has 2 rings (SSSR count). The second kappa shape index (κ2) is 5.48. The van der Waals surface area contributed by atoms with Crippen molar-refractivity contribution in [1.29, 1.82) is 0 Å². The third-order valence-electron chi connectivity index (χ3n) is 2.69. The van der Waals surface area contributed by atoms with Gasteiger partial charge in [-0.15, -0.1) is 11.3 Å². The molecular formula is C14H19N3S. The standard InChI is InChI=1S/C14H19N3S/c1-5-6-15-13-7-9(2)16-14(17-13)12-8-10(3)18-11(12)4/h7-8H,5-6H2,1-4H3,(H,15,16,17). The zero-order chi connectivity index (χ0) is 13.1. The van der Waals surface area contributed by atoms with Gasteiger partial charge in [0.25, 0.3) is 0 Å². The highest BCUT2D eigenvalue weighted by Crippen LogP contribution is 2.29. The molecule has 0 amide bonds. The molecule has 0 spiro atoms. The number of aryl methyl sites for hydroxylation is 3. The van der Waals surface area contributed by atoms with Crippen molar-refractivity contribution in [2.45, 2.75) is 34.1 Å². The van der Waals surface area contributed by atoms with Gasteiger partial charge in [0.2, 0.25) is 0 Å². The molecule has 0 fully saturated rings. The Labute approximate surface area is 112 Å². The average Bonchev–Trinajstić information content (AvgIpc) is 2.65. The molecule has 3 nitrogen and oxygen atoms in total. The van der Waals surface area contributed by atoms with Crippen LogP contribution in [-0.2, 0) is 0 Å². The van der Waals surface area contributed by atoms with Gasteiger partial charge in [-0.1, -0.05) is 6.92 Å². The third-order valence-corrected chi connectivity index (χ3v) is 3.66. The highest BCUT2D eigenvalue weighted by molar-refractivity contribution is 7.12. The largest absolute Gasteiger partial charge is 0.370 e. The Balaban J connectivity index is 2.38. The molecule has 2 heterocycles. The van der Waals surface area contributed by atoms with E-state index in [1.807, 2.05) is 13.0 Å². The number of anilines is 1. The van der Waals surface area contributed by atoms with Crippen molar-refractivity contribution in [3.63, 3.8) is 0 Å². The molecule has 4 heteroatoms. The molecule has 0 radical (unpaired) electrons. The molecule has 0 bridgehead atoms. The minimum absolute atomic E-state index is 0.829. The van der Waals surface area contributed by atoms with Crippen LogP contribution in [-0.4, -0.2) is 16.5 Å². The van der Waals surface area contributed by atoms with Crippen LogP contribution in [0.5, 0.6) is 0 Å². The molecular weight excluding hydrogens is 242 g/mol. The quantitative estimate of drug-likeness (QED) is 0.905. The highest BCUT2D eigenvalue weighted by atomic mass is 32.1. The third kappa shape index (κ3) is 2.88. The maximum Gasteiger partial charge on any atom is 0.162 e. The minimum atomic E-state index is 0.829. The molecule has 96 valence electrons. The SMILES string of the molecule is CCCNc1cc(C)nc(-c2cc(C)sc2C)n1. The molecule has 0 unspecified atom stereocenters. The van der Waals surface area contributed by atoms with Gasteiger partial charge < -0.3 is 5.32 Å². The summed E-state index contributed by atoms with van der Waals surface area (Å²) in [5, 5.41) is 3.32. The van der Waals surface area contributed by atoms with E-state index in [9.17, 15) is 0 Å². The topological polar surface area (TPSA) is 37.8 Å². The van der Waals surface area contributed by atoms with Crippen LogP contribution in [0.3, 0.4) is 0 Å². The normalized spacial score (nSPS) is 10.7. The first-order chi connectivity index (χ1) is 8.60. The van der Waals surface area contributed by atoms with Crippen LogP contribution in [0.2, 0.25) is 0 Å². The summed E-state index contributed by atoms with van der Waals surface area (Å²) in [6, 6.07) is 4.16. The van der Waals surface area contributed by atoms with Crippen LogP contribution in [0.1, 0.15) is 28.8 Å². The fourth-order valence-corrected chi connectivity index (χ4v) is 2.81. The molecule has 0 aromatic carbocycles. The molecule has 2 aromatic rings. The van der Waals surface area contributed by atoms with E-state index in [0.29, 0.717) is 0 Å². The Morgan fingerprint density at radius 1 is 1.17 bits per heavy atom. The number of thiophene rings is 1. The van der Waals surface area contributed by atoms with Crippen molar-refractivity contribution >= 4 is 17.2 Å². The summed E-state index contributed by atoms with van der Waals surface area (Å²) in [7, 11) is 0. The maximum absolute atomic E-state index is 4.60. The molecule has 0 saturated carbocycles. The first-order valence-electron chi connectivity index (χ1n) is 6.27. The van der Waals surface area contributed by atoms with Gasteiger partial charge in [-0.3, -0.25) is 0 Å². The van der Waals surface area contributed by atoms with Crippen molar-refractivity contribution in [1.82, 2.24) is 9.97 Å². The number of nitrogens with one attached hydrogen (secondary N) is 1. The van der Waals surface area contributed by atoms with Crippen molar-refractivity contribution < 1.29 is 0 Å². The Morgan fingerprint density at radius 3 is 2.56 bits per heavy atom. The number of nitrogens with zero attached hydrogens (tertiary/aromatic N) is 2. The summed E-state index contributed by atoms with van der Waals surface area (Å²) in [6.45, 7) is 9.34. The van der Waals surface area contributed by atoms with Crippen LogP contribution in [0, 0.1) is 20.8 Å². The predicted molar refractivity (Wildman–Crippen MR) is 78.3 cm³/mol. The van der Waals surface area contributed by atoms with Crippen LogP contribution in [0.15, 0.2) is 12.1 Å². The van der Waals surface area contributed by atoms with E-state index in [4.69, 9.17) is 0 Å². The van der Waals surface area contributed by atoms with Gasteiger partial charge >= 0.3 is 0 Å². The van der Waals surface area contributed by atoms with E-state index in [-0.39, 0.29) is 0 Å². The highest BCUT2D eigenvalue weighted by Gasteiger charge is 2.10. The van der Waals surface area contributed by atoms with Crippen molar-refractivity contribution in [2.75, 3.05) is 11.9 Å². The lowest BCUT2D eigenvalue weighted by Crippen LogP contribution is -2.04. The van der Waals surface area contributed by atoms with E-state index in [1.165, 1.54) is 9.75 Å². The second-order valence-electron chi connectivity index (χ2n) is 4.47. The first kappa shape index (κ1) is 13.0. The predicted octanol–water partition coefficient (Wildman–Crippen LogP) is 3.95. The Hall–Kier alpha value is -1.42. The van der Waals surface area contributed by atoms with Crippen LogP contribution < -0.4 is 5.32 Å². The van der Waals surface area contributed by atoms with Crippen LogP contribution >= 0.6 is 11.3 Å². The summed E-state index contributed by atoms with van der Waals surface area (Å²) in [5.41, 5.74) is 2.16. The zero-order valence-corrected chi connectivity index (χ0v) is 12.2. The van der Waals surface area contributed by atoms with E-state index < -0.39 is 0 Å². The van der Waals surface area contributed by atoms with E-state index in [2.05, 4.69) is 42.1 Å². The van der Waals surface area contributed by atoms with Crippen molar-refractivity contribution in [3.8, 4) is 11.4 Å². The maximum atomic E-state index is 4.60. The average molecular weight is 261 g/mol. The lowest BCUT2D eigenvalue weighted by Gasteiger charge is -2.07.